The van der Waals surface area contributed by atoms with E-state index in [9.17, 15) is 14.4 Å². The van der Waals surface area contributed by atoms with Crippen LogP contribution in [0.3, 0.4) is 0 Å². The van der Waals surface area contributed by atoms with E-state index in [1.807, 2.05) is 30.3 Å². The van der Waals surface area contributed by atoms with E-state index in [0.717, 1.165) is 5.56 Å². The minimum absolute atomic E-state index is 0.116. The molecule has 0 spiro atoms. The first-order chi connectivity index (χ1) is 10.4. The molecule has 6 nitrogen and oxygen atoms in total. The third-order valence-electron chi connectivity index (χ3n) is 2.94. The van der Waals surface area contributed by atoms with Crippen molar-refractivity contribution < 1.29 is 14.4 Å². The van der Waals surface area contributed by atoms with E-state index in [1.165, 1.54) is 6.08 Å². The summed E-state index contributed by atoms with van der Waals surface area (Å²) >= 11 is 0. The highest BCUT2D eigenvalue weighted by atomic mass is 16.2. The number of nitrogens with two attached hydrogens (primary N) is 1. The molecule has 1 rings (SSSR count). The van der Waals surface area contributed by atoms with Crippen LogP contribution in [0, 0.1) is 5.92 Å². The van der Waals surface area contributed by atoms with E-state index in [1.54, 1.807) is 19.9 Å². The van der Waals surface area contributed by atoms with Crippen LogP contribution < -0.4 is 16.4 Å². The molecule has 6 heteroatoms. The summed E-state index contributed by atoms with van der Waals surface area (Å²) in [5.41, 5.74) is 6.09. The van der Waals surface area contributed by atoms with Crippen molar-refractivity contribution in [3.63, 3.8) is 0 Å². The lowest BCUT2D eigenvalue weighted by Crippen LogP contribution is -2.50. The molecule has 1 aromatic carbocycles. The van der Waals surface area contributed by atoms with Gasteiger partial charge in [0.2, 0.25) is 17.7 Å². The van der Waals surface area contributed by atoms with Gasteiger partial charge in [-0.3, -0.25) is 14.4 Å². The van der Waals surface area contributed by atoms with E-state index in [-0.39, 0.29) is 18.4 Å². The molecule has 1 atom stereocenters. The average Bonchev–Trinajstić information content (AvgIpc) is 2.49. The minimum Gasteiger partial charge on any atom is -0.368 e. The predicted octanol–water partition coefficient (Wildman–Crippen LogP) is 0.442. The standard InChI is InChI=1S/C16H21N3O3/c1-11(2)15(16(17)22)19-14(21)10-18-13(20)9-8-12-6-4-3-5-7-12/h3-9,11,15H,10H2,1-2H3,(H2,17,22)(H,18,20)(H,19,21)/b9-8+/t15-/m0/s1. The van der Waals surface area contributed by atoms with E-state index in [4.69, 9.17) is 5.73 Å². The summed E-state index contributed by atoms with van der Waals surface area (Å²) in [6.45, 7) is 3.34. The van der Waals surface area contributed by atoms with Gasteiger partial charge in [0.05, 0.1) is 6.54 Å². The fraction of sp³-hybridized carbons (Fsp3) is 0.312. The number of benzene rings is 1. The molecule has 0 saturated heterocycles. The number of amides is 3. The molecule has 0 aliphatic rings. The third kappa shape index (κ3) is 6.21. The first-order valence-corrected chi connectivity index (χ1v) is 6.99. The maximum atomic E-state index is 11.7. The zero-order valence-electron chi connectivity index (χ0n) is 12.7. The van der Waals surface area contributed by atoms with Crippen molar-refractivity contribution in [1.82, 2.24) is 10.6 Å². The number of rotatable bonds is 7. The van der Waals surface area contributed by atoms with Crippen LogP contribution in [0.25, 0.3) is 6.08 Å². The average molecular weight is 303 g/mol. The van der Waals surface area contributed by atoms with Crippen LogP contribution >= 0.6 is 0 Å². The lowest BCUT2D eigenvalue weighted by atomic mass is 10.0. The van der Waals surface area contributed by atoms with Crippen molar-refractivity contribution in [3.05, 3.63) is 42.0 Å². The zero-order chi connectivity index (χ0) is 16.5. The summed E-state index contributed by atoms with van der Waals surface area (Å²) in [4.78, 5) is 34.5. The van der Waals surface area contributed by atoms with Crippen LogP contribution in [0.15, 0.2) is 36.4 Å². The van der Waals surface area contributed by atoms with Crippen molar-refractivity contribution >= 4 is 23.8 Å². The fourth-order valence-electron chi connectivity index (χ4n) is 1.75. The number of carbonyl (C=O) groups is 3. The second-order valence-corrected chi connectivity index (χ2v) is 5.15. The molecule has 0 fully saturated rings. The molecule has 0 bridgehead atoms. The number of carbonyl (C=O) groups excluding carboxylic acids is 3. The van der Waals surface area contributed by atoms with Crippen LogP contribution in [0.5, 0.6) is 0 Å². The Morgan fingerprint density at radius 3 is 2.36 bits per heavy atom. The smallest absolute Gasteiger partial charge is 0.244 e. The Balaban J connectivity index is 2.42. The SMILES string of the molecule is CC(C)[C@H](NC(=O)CNC(=O)/C=C/c1ccccc1)C(N)=O. The van der Waals surface area contributed by atoms with E-state index in [2.05, 4.69) is 10.6 Å². The van der Waals surface area contributed by atoms with Gasteiger partial charge in [0.25, 0.3) is 0 Å². The van der Waals surface area contributed by atoms with E-state index in [0.29, 0.717) is 0 Å². The molecular formula is C16H21N3O3. The highest BCUT2D eigenvalue weighted by molar-refractivity contribution is 5.95. The highest BCUT2D eigenvalue weighted by Crippen LogP contribution is 2.01. The summed E-state index contributed by atoms with van der Waals surface area (Å²) in [7, 11) is 0. The van der Waals surface area contributed by atoms with Crippen LogP contribution in [-0.4, -0.2) is 30.3 Å². The molecule has 0 aliphatic carbocycles. The zero-order valence-corrected chi connectivity index (χ0v) is 12.7. The Morgan fingerprint density at radius 2 is 1.82 bits per heavy atom. The molecule has 118 valence electrons. The number of hydrogen-bond donors (Lipinski definition) is 3. The Bertz CT molecular complexity index is 553. The molecule has 4 N–H and O–H groups in total. The van der Waals surface area contributed by atoms with Gasteiger partial charge in [-0.05, 0) is 17.6 Å². The van der Waals surface area contributed by atoms with E-state index >= 15 is 0 Å². The van der Waals surface area contributed by atoms with Gasteiger partial charge in [-0.2, -0.15) is 0 Å². The maximum absolute atomic E-state index is 11.7. The van der Waals surface area contributed by atoms with Crippen molar-refractivity contribution in [3.8, 4) is 0 Å². The molecule has 1 aromatic rings. The van der Waals surface area contributed by atoms with Crippen molar-refractivity contribution in [2.24, 2.45) is 11.7 Å². The Kier molecular flexibility index (Phi) is 6.82. The molecule has 0 aliphatic heterocycles. The Morgan fingerprint density at radius 1 is 1.18 bits per heavy atom. The van der Waals surface area contributed by atoms with Gasteiger partial charge in [0.15, 0.2) is 0 Å². The second-order valence-electron chi connectivity index (χ2n) is 5.15. The lowest BCUT2D eigenvalue weighted by Gasteiger charge is -2.18. The molecule has 3 amide bonds. The summed E-state index contributed by atoms with van der Waals surface area (Å²) < 4.78 is 0. The van der Waals surface area contributed by atoms with Gasteiger partial charge < -0.3 is 16.4 Å². The third-order valence-corrected chi connectivity index (χ3v) is 2.94. The predicted molar refractivity (Wildman–Crippen MR) is 84.4 cm³/mol. The van der Waals surface area contributed by atoms with Crippen LogP contribution in [0.2, 0.25) is 0 Å². The summed E-state index contributed by atoms with van der Waals surface area (Å²) in [5.74, 6) is -1.56. The van der Waals surface area contributed by atoms with Crippen LogP contribution in [0.4, 0.5) is 0 Å². The molecular weight excluding hydrogens is 282 g/mol. The van der Waals surface area contributed by atoms with Crippen molar-refractivity contribution in [2.75, 3.05) is 6.54 Å². The van der Waals surface area contributed by atoms with Crippen molar-refractivity contribution in [2.45, 2.75) is 19.9 Å². The first-order valence-electron chi connectivity index (χ1n) is 6.99. The monoisotopic (exact) mass is 303 g/mol. The number of hydrogen-bond acceptors (Lipinski definition) is 3. The molecule has 0 heterocycles. The summed E-state index contributed by atoms with van der Waals surface area (Å²) in [6.07, 6.45) is 2.99. The number of nitrogens with one attached hydrogen (secondary N) is 2. The first kappa shape index (κ1) is 17.4. The molecule has 0 radical (unpaired) electrons. The Hall–Kier alpha value is -2.63. The minimum atomic E-state index is -0.746. The lowest BCUT2D eigenvalue weighted by molar-refractivity contribution is -0.128. The van der Waals surface area contributed by atoms with Gasteiger partial charge >= 0.3 is 0 Å². The van der Waals surface area contributed by atoms with Crippen LogP contribution in [0.1, 0.15) is 19.4 Å². The van der Waals surface area contributed by atoms with Crippen molar-refractivity contribution in [1.29, 1.82) is 0 Å². The van der Waals surface area contributed by atoms with Gasteiger partial charge in [0, 0.05) is 6.08 Å². The molecule has 0 unspecified atom stereocenters. The topological polar surface area (TPSA) is 101 Å². The molecule has 0 saturated carbocycles. The molecule has 0 aromatic heterocycles. The largest absolute Gasteiger partial charge is 0.368 e. The van der Waals surface area contributed by atoms with Gasteiger partial charge in [-0.1, -0.05) is 44.2 Å². The highest BCUT2D eigenvalue weighted by Gasteiger charge is 2.21. The molecule has 22 heavy (non-hydrogen) atoms. The number of primary amides is 1. The van der Waals surface area contributed by atoms with E-state index < -0.39 is 17.9 Å². The normalized spacial score (nSPS) is 12.1. The second kappa shape index (κ2) is 8.61. The quantitative estimate of drug-likeness (QED) is 0.637. The van der Waals surface area contributed by atoms with Crippen LogP contribution in [-0.2, 0) is 14.4 Å². The Labute approximate surface area is 129 Å². The van der Waals surface area contributed by atoms with Gasteiger partial charge in [-0.15, -0.1) is 0 Å². The summed E-state index contributed by atoms with van der Waals surface area (Å²) in [6, 6.07) is 8.57. The van der Waals surface area contributed by atoms with Gasteiger partial charge in [-0.25, -0.2) is 0 Å². The van der Waals surface area contributed by atoms with Gasteiger partial charge in [0.1, 0.15) is 6.04 Å². The fourth-order valence-corrected chi connectivity index (χ4v) is 1.75. The maximum Gasteiger partial charge on any atom is 0.244 e. The summed E-state index contributed by atoms with van der Waals surface area (Å²) in [5, 5.41) is 4.94.